The Morgan fingerprint density at radius 1 is 1.17 bits per heavy atom. The second kappa shape index (κ2) is 6.66. The van der Waals surface area contributed by atoms with E-state index in [-0.39, 0.29) is 5.41 Å². The van der Waals surface area contributed by atoms with Crippen molar-refractivity contribution in [3.63, 3.8) is 0 Å². The number of nitrogens with zero attached hydrogens (tertiary/aromatic N) is 8. The molecule has 1 aliphatic heterocycles. The Balaban J connectivity index is 1.36. The Labute approximate surface area is 176 Å². The van der Waals surface area contributed by atoms with Gasteiger partial charge in [0.1, 0.15) is 17.7 Å². The van der Waals surface area contributed by atoms with Crippen molar-refractivity contribution in [2.75, 3.05) is 29.9 Å². The van der Waals surface area contributed by atoms with Crippen molar-refractivity contribution in [1.29, 1.82) is 5.26 Å². The number of hydrogen-bond acceptors (Lipinski definition) is 7. The standard InChI is InChI=1S/C22H26N8/c1-22(2,3)21-26-25-18-8-9-19(27-30(18)21)29-12-16(13-29)28(4)20-15(11-23)10-14-6-5-7-17(14)24-20/h8-10,16H,5-7,12-13H2,1-4H3. The average Bonchev–Trinajstić information content (AvgIpc) is 3.31. The van der Waals surface area contributed by atoms with E-state index in [9.17, 15) is 5.26 Å². The smallest absolute Gasteiger partial charge is 0.178 e. The predicted octanol–water partition coefficient (Wildman–Crippen LogP) is 2.50. The number of pyridine rings is 1. The molecule has 0 bridgehead atoms. The molecule has 5 rings (SSSR count). The second-order valence-electron chi connectivity index (χ2n) is 9.34. The molecule has 0 amide bonds. The lowest BCUT2D eigenvalue weighted by atomic mass is 9.96. The predicted molar refractivity (Wildman–Crippen MR) is 115 cm³/mol. The molecule has 0 aromatic carbocycles. The van der Waals surface area contributed by atoms with Gasteiger partial charge in [0.25, 0.3) is 0 Å². The molecule has 154 valence electrons. The molecular weight excluding hydrogens is 376 g/mol. The Hall–Kier alpha value is -3.21. The Bertz CT molecular complexity index is 1160. The van der Waals surface area contributed by atoms with Crippen LogP contribution < -0.4 is 9.80 Å². The maximum atomic E-state index is 9.62. The van der Waals surface area contributed by atoms with Crippen LogP contribution in [0.1, 0.15) is 49.8 Å². The van der Waals surface area contributed by atoms with Gasteiger partial charge in [0.05, 0.1) is 11.6 Å². The number of hydrogen-bond donors (Lipinski definition) is 0. The molecule has 0 N–H and O–H groups in total. The highest BCUT2D eigenvalue weighted by molar-refractivity contribution is 5.59. The van der Waals surface area contributed by atoms with Crippen LogP contribution in [0.25, 0.3) is 5.65 Å². The van der Waals surface area contributed by atoms with Gasteiger partial charge in [0, 0.05) is 31.2 Å². The lowest BCUT2D eigenvalue weighted by Crippen LogP contribution is -2.59. The minimum Gasteiger partial charge on any atom is -0.352 e. The molecule has 0 atom stereocenters. The van der Waals surface area contributed by atoms with Crippen LogP contribution in [0.5, 0.6) is 0 Å². The van der Waals surface area contributed by atoms with E-state index in [1.807, 2.05) is 29.8 Å². The van der Waals surface area contributed by atoms with Crippen LogP contribution in [-0.4, -0.2) is 51.0 Å². The molecule has 1 fully saturated rings. The van der Waals surface area contributed by atoms with Crippen LogP contribution >= 0.6 is 0 Å². The van der Waals surface area contributed by atoms with Crippen LogP contribution in [0.3, 0.4) is 0 Å². The van der Waals surface area contributed by atoms with Gasteiger partial charge < -0.3 is 9.80 Å². The number of rotatable bonds is 3. The molecular formula is C22H26N8. The fraction of sp³-hybridized carbons (Fsp3) is 0.500. The number of likely N-dealkylation sites (N-methyl/N-ethyl adjacent to an activating group) is 1. The summed E-state index contributed by atoms with van der Waals surface area (Å²) >= 11 is 0. The maximum Gasteiger partial charge on any atom is 0.178 e. The number of nitriles is 1. The van der Waals surface area contributed by atoms with Gasteiger partial charge >= 0.3 is 0 Å². The molecule has 0 radical (unpaired) electrons. The van der Waals surface area contributed by atoms with Crippen molar-refractivity contribution in [2.24, 2.45) is 0 Å². The summed E-state index contributed by atoms with van der Waals surface area (Å²) in [5.74, 6) is 2.58. The Morgan fingerprint density at radius 2 is 1.97 bits per heavy atom. The van der Waals surface area contributed by atoms with Crippen molar-refractivity contribution in [2.45, 2.75) is 51.5 Å². The summed E-state index contributed by atoms with van der Waals surface area (Å²) in [5.41, 5.74) is 3.70. The third-order valence-corrected chi connectivity index (χ3v) is 6.14. The lowest BCUT2D eigenvalue weighted by molar-refractivity contribution is 0.482. The number of anilines is 2. The normalized spacial score (nSPS) is 16.4. The highest BCUT2D eigenvalue weighted by Gasteiger charge is 2.34. The molecule has 3 aromatic heterocycles. The molecule has 8 nitrogen and oxygen atoms in total. The SMILES string of the molecule is CN(c1nc2c(cc1C#N)CCC2)C1CN(c2ccc3nnc(C(C)(C)C)n3n2)C1. The molecule has 1 saturated heterocycles. The largest absolute Gasteiger partial charge is 0.352 e. The van der Waals surface area contributed by atoms with Gasteiger partial charge in [-0.1, -0.05) is 20.8 Å². The zero-order valence-electron chi connectivity index (χ0n) is 17.9. The minimum absolute atomic E-state index is 0.129. The Kier molecular flexibility index (Phi) is 4.17. The van der Waals surface area contributed by atoms with Crippen LogP contribution in [-0.2, 0) is 18.3 Å². The molecule has 3 aromatic rings. The van der Waals surface area contributed by atoms with Crippen LogP contribution in [0.4, 0.5) is 11.6 Å². The van der Waals surface area contributed by atoms with Gasteiger partial charge in [0.2, 0.25) is 0 Å². The molecule has 4 heterocycles. The van der Waals surface area contributed by atoms with Crippen molar-refractivity contribution in [1.82, 2.24) is 24.8 Å². The van der Waals surface area contributed by atoms with Gasteiger partial charge in [-0.3, -0.25) is 0 Å². The van der Waals surface area contributed by atoms with Crippen LogP contribution in [0, 0.1) is 11.3 Å². The summed E-state index contributed by atoms with van der Waals surface area (Å²) in [6, 6.07) is 8.64. The van der Waals surface area contributed by atoms with E-state index < -0.39 is 0 Å². The van der Waals surface area contributed by atoms with Crippen LogP contribution in [0.15, 0.2) is 18.2 Å². The van der Waals surface area contributed by atoms with Crippen LogP contribution in [0.2, 0.25) is 0 Å². The third-order valence-electron chi connectivity index (χ3n) is 6.14. The van der Waals surface area contributed by atoms with Crippen molar-refractivity contribution in [3.8, 4) is 6.07 Å². The summed E-state index contributed by atoms with van der Waals surface area (Å²) in [6.07, 6.45) is 3.18. The molecule has 0 spiro atoms. The van der Waals surface area contributed by atoms with E-state index in [0.29, 0.717) is 11.6 Å². The van der Waals surface area contributed by atoms with Crippen molar-refractivity contribution >= 4 is 17.3 Å². The monoisotopic (exact) mass is 402 g/mol. The molecule has 0 unspecified atom stereocenters. The van der Waals surface area contributed by atoms with E-state index in [2.05, 4.69) is 46.8 Å². The third kappa shape index (κ3) is 2.96. The summed E-state index contributed by atoms with van der Waals surface area (Å²) in [5, 5.41) is 23.0. The maximum absolute atomic E-state index is 9.62. The summed E-state index contributed by atoms with van der Waals surface area (Å²) in [6.45, 7) is 8.02. The zero-order valence-corrected chi connectivity index (χ0v) is 17.9. The fourth-order valence-electron chi connectivity index (χ4n) is 4.29. The summed E-state index contributed by atoms with van der Waals surface area (Å²) in [7, 11) is 2.04. The number of aryl methyl sites for hydroxylation is 2. The molecule has 30 heavy (non-hydrogen) atoms. The summed E-state index contributed by atoms with van der Waals surface area (Å²) in [4.78, 5) is 9.25. The van der Waals surface area contributed by atoms with E-state index in [4.69, 9.17) is 10.1 Å². The van der Waals surface area contributed by atoms with Gasteiger partial charge in [-0.05, 0) is 43.0 Å². The van der Waals surface area contributed by atoms with Crippen molar-refractivity contribution in [3.05, 3.63) is 40.8 Å². The second-order valence-corrected chi connectivity index (χ2v) is 9.34. The van der Waals surface area contributed by atoms with Gasteiger partial charge in [-0.2, -0.15) is 9.78 Å². The van der Waals surface area contributed by atoms with Gasteiger partial charge in [-0.25, -0.2) is 4.98 Å². The van der Waals surface area contributed by atoms with Gasteiger partial charge in [-0.15, -0.1) is 15.3 Å². The topological polar surface area (TPSA) is 86.2 Å². The summed E-state index contributed by atoms with van der Waals surface area (Å²) < 4.78 is 1.85. The van der Waals surface area contributed by atoms with Crippen molar-refractivity contribution < 1.29 is 0 Å². The highest BCUT2D eigenvalue weighted by atomic mass is 15.4. The zero-order chi connectivity index (χ0) is 21.0. The molecule has 2 aliphatic rings. The van der Waals surface area contributed by atoms with E-state index in [1.165, 1.54) is 5.56 Å². The first-order valence-electron chi connectivity index (χ1n) is 10.5. The first-order chi connectivity index (χ1) is 14.3. The minimum atomic E-state index is -0.129. The molecule has 1 aliphatic carbocycles. The average molecular weight is 403 g/mol. The molecule has 0 saturated carbocycles. The van der Waals surface area contributed by atoms with E-state index in [0.717, 1.165) is 61.2 Å². The first-order valence-corrected chi connectivity index (χ1v) is 10.5. The van der Waals surface area contributed by atoms with E-state index in [1.54, 1.807) is 0 Å². The number of aromatic nitrogens is 5. The fourth-order valence-corrected chi connectivity index (χ4v) is 4.29. The highest BCUT2D eigenvalue weighted by Crippen LogP contribution is 2.30. The quantitative estimate of drug-likeness (QED) is 0.665. The van der Waals surface area contributed by atoms with Gasteiger partial charge in [0.15, 0.2) is 11.5 Å². The molecule has 8 heteroatoms. The first kappa shape index (κ1) is 18.8. The van der Waals surface area contributed by atoms with E-state index >= 15 is 0 Å². The Morgan fingerprint density at radius 3 is 2.70 bits per heavy atom. The number of fused-ring (bicyclic) bond motifs is 2. The lowest BCUT2D eigenvalue weighted by Gasteiger charge is -2.45.